The lowest BCUT2D eigenvalue weighted by Gasteiger charge is -2.23. The summed E-state index contributed by atoms with van der Waals surface area (Å²) in [5, 5.41) is 8.74. The Hall–Kier alpha value is -0.970. The van der Waals surface area contributed by atoms with E-state index in [-0.39, 0.29) is 11.8 Å². The van der Waals surface area contributed by atoms with Gasteiger partial charge in [-0.05, 0) is 12.8 Å². The Labute approximate surface area is 66.6 Å². The monoisotopic (exact) mass is 152 g/mol. The quantitative estimate of drug-likeness (QED) is 0.578. The Morgan fingerprint density at radius 2 is 2.09 bits per heavy atom. The van der Waals surface area contributed by atoms with Crippen LogP contribution in [0.5, 0.6) is 0 Å². The van der Waals surface area contributed by atoms with Crippen molar-refractivity contribution in [3.05, 3.63) is 0 Å². The van der Waals surface area contributed by atoms with Gasteiger partial charge in [-0.1, -0.05) is 12.8 Å². The lowest BCUT2D eigenvalue weighted by molar-refractivity contribution is -0.143. The predicted octanol–water partition coefficient (Wildman–Crippen LogP) is 1.51. The molecule has 0 amide bonds. The molecule has 0 heterocycles. The highest BCUT2D eigenvalue weighted by molar-refractivity contribution is 5.71. The van der Waals surface area contributed by atoms with Gasteiger partial charge in [0, 0.05) is 5.92 Å². The van der Waals surface area contributed by atoms with Crippen LogP contribution in [-0.2, 0) is 4.79 Å². The third kappa shape index (κ3) is 1.74. The lowest BCUT2D eigenvalue weighted by Crippen LogP contribution is -2.25. The first-order valence-corrected chi connectivity index (χ1v) is 3.94. The topological polar surface area (TPSA) is 37.3 Å². The van der Waals surface area contributed by atoms with Crippen LogP contribution in [0.3, 0.4) is 0 Å². The highest BCUT2D eigenvalue weighted by atomic mass is 16.4. The van der Waals surface area contributed by atoms with Gasteiger partial charge in [-0.3, -0.25) is 4.79 Å². The second-order valence-corrected chi connectivity index (χ2v) is 3.00. The second kappa shape index (κ2) is 3.43. The summed E-state index contributed by atoms with van der Waals surface area (Å²) in [7, 11) is 0. The summed E-state index contributed by atoms with van der Waals surface area (Å²) in [6, 6.07) is 0. The van der Waals surface area contributed by atoms with Crippen molar-refractivity contribution in [2.45, 2.75) is 25.7 Å². The highest BCUT2D eigenvalue weighted by Crippen LogP contribution is 2.29. The van der Waals surface area contributed by atoms with Crippen molar-refractivity contribution in [3.63, 3.8) is 0 Å². The van der Waals surface area contributed by atoms with Gasteiger partial charge < -0.3 is 5.11 Å². The Bertz CT molecular complexity index is 190. The number of hydrogen-bond donors (Lipinski definition) is 1. The molecule has 1 fully saturated rings. The molecule has 60 valence electrons. The van der Waals surface area contributed by atoms with Crippen molar-refractivity contribution in [2.75, 3.05) is 0 Å². The maximum absolute atomic E-state index is 10.6. The van der Waals surface area contributed by atoms with Gasteiger partial charge in [0.2, 0.25) is 0 Å². The molecule has 1 aliphatic carbocycles. The largest absolute Gasteiger partial charge is 0.481 e. The van der Waals surface area contributed by atoms with Crippen LogP contribution in [0.1, 0.15) is 25.7 Å². The van der Waals surface area contributed by atoms with E-state index in [0.717, 1.165) is 25.7 Å². The van der Waals surface area contributed by atoms with Crippen molar-refractivity contribution in [2.24, 2.45) is 11.8 Å². The molecule has 11 heavy (non-hydrogen) atoms. The van der Waals surface area contributed by atoms with Gasteiger partial charge in [0.1, 0.15) is 0 Å². The van der Waals surface area contributed by atoms with Gasteiger partial charge in [-0.15, -0.1) is 12.3 Å². The minimum Gasteiger partial charge on any atom is -0.481 e. The Balaban J connectivity index is 2.60. The molecule has 1 aliphatic rings. The fourth-order valence-corrected chi connectivity index (χ4v) is 1.63. The molecule has 0 bridgehead atoms. The molecule has 2 atom stereocenters. The average molecular weight is 152 g/mol. The third-order valence-corrected chi connectivity index (χ3v) is 2.30. The minimum absolute atomic E-state index is 0.0266. The molecule has 2 heteroatoms. The maximum Gasteiger partial charge on any atom is 0.307 e. The van der Waals surface area contributed by atoms with Gasteiger partial charge in [0.05, 0.1) is 5.92 Å². The molecule has 1 rings (SSSR count). The Morgan fingerprint density at radius 3 is 2.55 bits per heavy atom. The van der Waals surface area contributed by atoms with Crippen molar-refractivity contribution in [1.29, 1.82) is 0 Å². The molecule has 0 spiro atoms. The molecule has 0 radical (unpaired) electrons. The zero-order valence-electron chi connectivity index (χ0n) is 6.42. The molecule has 0 aromatic rings. The van der Waals surface area contributed by atoms with Gasteiger partial charge in [0.25, 0.3) is 0 Å². The van der Waals surface area contributed by atoms with Crippen molar-refractivity contribution in [1.82, 2.24) is 0 Å². The number of carboxylic acid groups (broad SMARTS) is 1. The van der Waals surface area contributed by atoms with Crippen molar-refractivity contribution < 1.29 is 9.90 Å². The van der Waals surface area contributed by atoms with Crippen LogP contribution in [0, 0.1) is 24.2 Å². The third-order valence-electron chi connectivity index (χ3n) is 2.30. The van der Waals surface area contributed by atoms with Gasteiger partial charge in [-0.25, -0.2) is 0 Å². The highest BCUT2D eigenvalue weighted by Gasteiger charge is 2.28. The van der Waals surface area contributed by atoms with Crippen molar-refractivity contribution in [3.8, 4) is 12.3 Å². The molecular formula is C9H12O2. The van der Waals surface area contributed by atoms with Crippen LogP contribution in [-0.4, -0.2) is 11.1 Å². The number of carboxylic acids is 1. The lowest BCUT2D eigenvalue weighted by atomic mass is 9.80. The zero-order valence-corrected chi connectivity index (χ0v) is 6.42. The first-order chi connectivity index (χ1) is 5.25. The number of carbonyl (C=O) groups is 1. The van der Waals surface area contributed by atoms with E-state index in [1.165, 1.54) is 0 Å². The normalized spacial score (nSPS) is 30.8. The van der Waals surface area contributed by atoms with E-state index in [9.17, 15) is 4.79 Å². The van der Waals surface area contributed by atoms with Crippen LogP contribution >= 0.6 is 0 Å². The van der Waals surface area contributed by atoms with Gasteiger partial charge in [-0.2, -0.15) is 0 Å². The summed E-state index contributed by atoms with van der Waals surface area (Å²) >= 11 is 0. The summed E-state index contributed by atoms with van der Waals surface area (Å²) in [6.45, 7) is 0. The van der Waals surface area contributed by atoms with E-state index < -0.39 is 5.97 Å². The maximum atomic E-state index is 10.6. The molecule has 0 aliphatic heterocycles. The predicted molar refractivity (Wildman–Crippen MR) is 41.9 cm³/mol. The van der Waals surface area contributed by atoms with Crippen LogP contribution in [0.25, 0.3) is 0 Å². The molecule has 1 saturated carbocycles. The van der Waals surface area contributed by atoms with Gasteiger partial charge in [0.15, 0.2) is 0 Å². The first-order valence-electron chi connectivity index (χ1n) is 3.94. The smallest absolute Gasteiger partial charge is 0.307 e. The zero-order chi connectivity index (χ0) is 8.27. The summed E-state index contributed by atoms with van der Waals surface area (Å²) in [5.41, 5.74) is 0. The Kier molecular flexibility index (Phi) is 2.53. The molecule has 0 aromatic carbocycles. The van der Waals surface area contributed by atoms with Crippen LogP contribution in [0.4, 0.5) is 0 Å². The fourth-order valence-electron chi connectivity index (χ4n) is 1.63. The van der Waals surface area contributed by atoms with E-state index in [2.05, 4.69) is 5.92 Å². The Morgan fingerprint density at radius 1 is 1.45 bits per heavy atom. The second-order valence-electron chi connectivity index (χ2n) is 3.00. The molecular weight excluding hydrogens is 140 g/mol. The number of rotatable bonds is 1. The molecule has 0 saturated heterocycles. The van der Waals surface area contributed by atoms with E-state index >= 15 is 0 Å². The summed E-state index contributed by atoms with van der Waals surface area (Å²) in [5.74, 6) is 1.52. The SMILES string of the molecule is C#C[C@H]1CCCC[C@H]1C(=O)O. The standard InChI is InChI=1S/C9H12O2/c1-2-7-5-3-4-6-8(7)9(10)11/h1,7-8H,3-6H2,(H,10,11)/t7-,8+/m0/s1. The first kappa shape index (κ1) is 8.13. The van der Waals surface area contributed by atoms with Crippen LogP contribution in [0.2, 0.25) is 0 Å². The van der Waals surface area contributed by atoms with E-state index in [1.807, 2.05) is 0 Å². The summed E-state index contributed by atoms with van der Waals surface area (Å²) in [6.07, 6.45) is 8.95. The van der Waals surface area contributed by atoms with E-state index in [4.69, 9.17) is 11.5 Å². The molecule has 0 aromatic heterocycles. The fraction of sp³-hybridized carbons (Fsp3) is 0.667. The van der Waals surface area contributed by atoms with E-state index in [0.29, 0.717) is 0 Å². The average Bonchev–Trinajstić information content (AvgIpc) is 2.04. The van der Waals surface area contributed by atoms with Gasteiger partial charge >= 0.3 is 5.97 Å². The number of terminal acetylenes is 1. The van der Waals surface area contributed by atoms with Crippen molar-refractivity contribution >= 4 is 5.97 Å². The molecule has 2 nitrogen and oxygen atoms in total. The molecule has 1 N–H and O–H groups in total. The van der Waals surface area contributed by atoms with E-state index in [1.54, 1.807) is 0 Å². The number of aliphatic carboxylic acids is 1. The summed E-state index contributed by atoms with van der Waals surface area (Å²) < 4.78 is 0. The van der Waals surface area contributed by atoms with Crippen LogP contribution in [0.15, 0.2) is 0 Å². The summed E-state index contributed by atoms with van der Waals surface area (Å²) in [4.78, 5) is 10.6. The number of hydrogen-bond acceptors (Lipinski definition) is 1. The molecule has 0 unspecified atom stereocenters. The van der Waals surface area contributed by atoms with Crippen LogP contribution < -0.4 is 0 Å². The minimum atomic E-state index is -0.729.